The molecule has 0 spiro atoms. The molecule has 5 heteroatoms. The summed E-state index contributed by atoms with van der Waals surface area (Å²) in [5.74, 6) is 0.834. The minimum absolute atomic E-state index is 0.349. The van der Waals surface area contributed by atoms with Crippen LogP contribution in [-0.2, 0) is 17.8 Å². The first-order chi connectivity index (χ1) is 7.17. The smallest absolute Gasteiger partial charge is 0.151 e. The van der Waals surface area contributed by atoms with Gasteiger partial charge in [-0.1, -0.05) is 5.16 Å². The van der Waals surface area contributed by atoms with E-state index in [1.54, 1.807) is 7.11 Å². The number of likely N-dealkylation sites (N-methyl/N-ethyl adjacent to an activating group) is 1. The molecule has 1 aromatic rings. The van der Waals surface area contributed by atoms with E-state index in [4.69, 9.17) is 15.0 Å². The molecule has 15 heavy (non-hydrogen) atoms. The Balaban J connectivity index is 2.46. The van der Waals surface area contributed by atoms with E-state index in [1.165, 1.54) is 0 Å². The van der Waals surface area contributed by atoms with E-state index in [2.05, 4.69) is 17.0 Å². The summed E-state index contributed by atoms with van der Waals surface area (Å²) in [5, 5.41) is 3.84. The Morgan fingerprint density at radius 1 is 1.67 bits per heavy atom. The van der Waals surface area contributed by atoms with E-state index >= 15 is 0 Å². The Bertz CT molecular complexity index is 288. The number of rotatable bonds is 6. The molecule has 0 aliphatic rings. The second-order valence-corrected chi connectivity index (χ2v) is 3.71. The van der Waals surface area contributed by atoms with E-state index < -0.39 is 0 Å². The second kappa shape index (κ2) is 5.85. The standard InChI is InChI=1S/C10H19N3O2/c1-8(7-14-3)13(2)6-10-4-9(5-11)12-15-10/h4,8H,5-7,11H2,1-3H3. The summed E-state index contributed by atoms with van der Waals surface area (Å²) in [6.45, 7) is 3.94. The third-order valence-electron chi connectivity index (χ3n) is 2.38. The summed E-state index contributed by atoms with van der Waals surface area (Å²) in [6, 6.07) is 2.23. The van der Waals surface area contributed by atoms with Crippen molar-refractivity contribution in [2.45, 2.75) is 26.1 Å². The molecule has 0 bridgehead atoms. The molecule has 0 saturated carbocycles. The summed E-state index contributed by atoms with van der Waals surface area (Å²) in [5.41, 5.74) is 6.23. The summed E-state index contributed by atoms with van der Waals surface area (Å²) in [6.07, 6.45) is 0. The third kappa shape index (κ3) is 3.62. The van der Waals surface area contributed by atoms with Crippen LogP contribution in [0.1, 0.15) is 18.4 Å². The number of hydrogen-bond donors (Lipinski definition) is 1. The summed E-state index contributed by atoms with van der Waals surface area (Å²) in [7, 11) is 3.72. The lowest BCUT2D eigenvalue weighted by atomic mass is 10.3. The molecule has 1 rings (SSSR count). The maximum absolute atomic E-state index is 5.45. The molecule has 0 amide bonds. The van der Waals surface area contributed by atoms with Gasteiger partial charge in [-0.2, -0.15) is 0 Å². The Labute approximate surface area is 90.2 Å². The molecule has 5 nitrogen and oxygen atoms in total. The lowest BCUT2D eigenvalue weighted by Gasteiger charge is -2.22. The molecule has 86 valence electrons. The number of hydrogen-bond acceptors (Lipinski definition) is 5. The van der Waals surface area contributed by atoms with E-state index in [0.717, 1.165) is 18.0 Å². The zero-order chi connectivity index (χ0) is 11.3. The van der Waals surface area contributed by atoms with Crippen LogP contribution in [0.4, 0.5) is 0 Å². The van der Waals surface area contributed by atoms with Crippen molar-refractivity contribution >= 4 is 0 Å². The summed E-state index contributed by atoms with van der Waals surface area (Å²) < 4.78 is 10.2. The monoisotopic (exact) mass is 213 g/mol. The molecule has 0 aliphatic carbocycles. The quantitative estimate of drug-likeness (QED) is 0.749. The van der Waals surface area contributed by atoms with Crippen LogP contribution in [0.3, 0.4) is 0 Å². The molecule has 0 saturated heterocycles. The molecule has 2 N–H and O–H groups in total. The van der Waals surface area contributed by atoms with Crippen molar-refractivity contribution in [3.63, 3.8) is 0 Å². The second-order valence-electron chi connectivity index (χ2n) is 3.71. The molecule has 0 aliphatic heterocycles. The minimum atomic E-state index is 0.349. The van der Waals surface area contributed by atoms with Crippen LogP contribution >= 0.6 is 0 Å². The fraction of sp³-hybridized carbons (Fsp3) is 0.700. The lowest BCUT2D eigenvalue weighted by molar-refractivity contribution is 0.106. The van der Waals surface area contributed by atoms with Gasteiger partial charge in [0.25, 0.3) is 0 Å². The molecule has 1 unspecified atom stereocenters. The van der Waals surface area contributed by atoms with Crippen LogP contribution in [0, 0.1) is 0 Å². The van der Waals surface area contributed by atoms with Gasteiger partial charge in [0.15, 0.2) is 5.76 Å². The van der Waals surface area contributed by atoms with Gasteiger partial charge in [0, 0.05) is 25.8 Å². The van der Waals surface area contributed by atoms with Crippen molar-refractivity contribution in [3.05, 3.63) is 17.5 Å². The fourth-order valence-corrected chi connectivity index (χ4v) is 1.30. The fourth-order valence-electron chi connectivity index (χ4n) is 1.30. The number of aromatic nitrogens is 1. The maximum atomic E-state index is 5.45. The highest BCUT2D eigenvalue weighted by Crippen LogP contribution is 2.08. The van der Waals surface area contributed by atoms with E-state index in [1.807, 2.05) is 13.1 Å². The van der Waals surface area contributed by atoms with Crippen LogP contribution in [-0.4, -0.2) is 36.9 Å². The summed E-state index contributed by atoms with van der Waals surface area (Å²) in [4.78, 5) is 2.14. The van der Waals surface area contributed by atoms with Gasteiger partial charge in [-0.05, 0) is 14.0 Å². The lowest BCUT2D eigenvalue weighted by Crippen LogP contribution is -2.31. The van der Waals surface area contributed by atoms with Crippen LogP contribution in [0.5, 0.6) is 0 Å². The zero-order valence-corrected chi connectivity index (χ0v) is 9.56. The van der Waals surface area contributed by atoms with E-state index in [9.17, 15) is 0 Å². The predicted octanol–water partition coefficient (Wildman–Crippen LogP) is 0.600. The van der Waals surface area contributed by atoms with Gasteiger partial charge in [0.05, 0.1) is 18.8 Å². The van der Waals surface area contributed by atoms with Gasteiger partial charge in [0.2, 0.25) is 0 Å². The topological polar surface area (TPSA) is 64.5 Å². The van der Waals surface area contributed by atoms with Crippen molar-refractivity contribution in [3.8, 4) is 0 Å². The first-order valence-corrected chi connectivity index (χ1v) is 5.01. The molecule has 1 atom stereocenters. The van der Waals surface area contributed by atoms with Crippen LogP contribution in [0.25, 0.3) is 0 Å². The van der Waals surface area contributed by atoms with Crippen LogP contribution in [0.15, 0.2) is 10.6 Å². The summed E-state index contributed by atoms with van der Waals surface area (Å²) >= 11 is 0. The average molecular weight is 213 g/mol. The highest BCUT2D eigenvalue weighted by atomic mass is 16.5. The molecule has 1 aromatic heterocycles. The number of nitrogens with two attached hydrogens (primary N) is 1. The molecule has 0 radical (unpaired) electrons. The van der Waals surface area contributed by atoms with Crippen molar-refractivity contribution < 1.29 is 9.26 Å². The first kappa shape index (κ1) is 12.2. The van der Waals surface area contributed by atoms with Crippen molar-refractivity contribution in [1.82, 2.24) is 10.1 Å². The van der Waals surface area contributed by atoms with Crippen LogP contribution in [0.2, 0.25) is 0 Å². The van der Waals surface area contributed by atoms with Gasteiger partial charge in [-0.15, -0.1) is 0 Å². The Hall–Kier alpha value is -0.910. The largest absolute Gasteiger partial charge is 0.383 e. The van der Waals surface area contributed by atoms with Gasteiger partial charge in [-0.3, -0.25) is 4.90 Å². The number of ether oxygens (including phenoxy) is 1. The van der Waals surface area contributed by atoms with Gasteiger partial charge in [-0.25, -0.2) is 0 Å². The van der Waals surface area contributed by atoms with E-state index in [0.29, 0.717) is 19.2 Å². The normalized spacial score (nSPS) is 13.4. The van der Waals surface area contributed by atoms with E-state index in [-0.39, 0.29) is 0 Å². The first-order valence-electron chi connectivity index (χ1n) is 5.01. The molecular weight excluding hydrogens is 194 g/mol. The molecule has 0 fully saturated rings. The van der Waals surface area contributed by atoms with Crippen molar-refractivity contribution in [2.24, 2.45) is 5.73 Å². The third-order valence-corrected chi connectivity index (χ3v) is 2.38. The van der Waals surface area contributed by atoms with Gasteiger partial charge >= 0.3 is 0 Å². The maximum Gasteiger partial charge on any atom is 0.151 e. The number of methoxy groups -OCH3 is 1. The predicted molar refractivity (Wildman–Crippen MR) is 57.2 cm³/mol. The van der Waals surface area contributed by atoms with Gasteiger partial charge in [0.1, 0.15) is 0 Å². The van der Waals surface area contributed by atoms with Crippen molar-refractivity contribution in [2.75, 3.05) is 20.8 Å². The Morgan fingerprint density at radius 3 is 2.93 bits per heavy atom. The SMILES string of the molecule is COCC(C)N(C)Cc1cc(CN)no1. The van der Waals surface area contributed by atoms with Crippen molar-refractivity contribution in [1.29, 1.82) is 0 Å². The Kier molecular flexibility index (Phi) is 4.74. The van der Waals surface area contributed by atoms with Crippen LogP contribution < -0.4 is 5.73 Å². The highest BCUT2D eigenvalue weighted by molar-refractivity contribution is 5.04. The Morgan fingerprint density at radius 2 is 2.40 bits per heavy atom. The van der Waals surface area contributed by atoms with Gasteiger partial charge < -0.3 is 15.0 Å². The molecular formula is C10H19N3O2. The minimum Gasteiger partial charge on any atom is -0.383 e. The number of nitrogens with zero attached hydrogens (tertiary/aromatic N) is 2. The molecule has 1 heterocycles. The zero-order valence-electron chi connectivity index (χ0n) is 9.56. The highest BCUT2D eigenvalue weighted by Gasteiger charge is 2.12. The molecule has 0 aromatic carbocycles. The average Bonchev–Trinajstić information content (AvgIpc) is 2.66.